The summed E-state index contributed by atoms with van der Waals surface area (Å²) in [7, 11) is -4.55. The van der Waals surface area contributed by atoms with Crippen molar-refractivity contribution in [3.8, 4) is 0 Å². The SMILES string of the molecule is Cc1cc(S(=O)(=O)NCCS(C)=O)ccc1N. The van der Waals surface area contributed by atoms with E-state index in [0.717, 1.165) is 0 Å². The minimum Gasteiger partial charge on any atom is -0.399 e. The average molecular weight is 276 g/mol. The highest BCUT2D eigenvalue weighted by molar-refractivity contribution is 7.89. The summed E-state index contributed by atoms with van der Waals surface area (Å²) in [4.78, 5) is 0.172. The molecule has 0 heterocycles. The molecule has 0 spiro atoms. The van der Waals surface area contributed by atoms with Gasteiger partial charge in [-0.1, -0.05) is 0 Å². The smallest absolute Gasteiger partial charge is 0.240 e. The summed E-state index contributed by atoms with van der Waals surface area (Å²) in [6.45, 7) is 1.91. The standard InChI is InChI=1S/C10H16N2O3S2/c1-8-7-9(3-4-10(8)11)17(14,15)12-5-6-16(2)13/h3-4,7,12H,5-6,11H2,1-2H3. The van der Waals surface area contributed by atoms with Gasteiger partial charge in [0.2, 0.25) is 10.0 Å². The van der Waals surface area contributed by atoms with Gasteiger partial charge in [0.05, 0.1) is 4.90 Å². The summed E-state index contributed by atoms with van der Waals surface area (Å²) in [5.74, 6) is 0.299. The Morgan fingerprint density at radius 1 is 1.41 bits per heavy atom. The van der Waals surface area contributed by atoms with Crippen LogP contribution in [0.15, 0.2) is 23.1 Å². The number of benzene rings is 1. The van der Waals surface area contributed by atoms with Gasteiger partial charge in [-0.05, 0) is 30.7 Å². The topological polar surface area (TPSA) is 89.3 Å². The zero-order valence-electron chi connectivity index (χ0n) is 9.76. The minimum absolute atomic E-state index is 0.162. The zero-order valence-corrected chi connectivity index (χ0v) is 11.4. The van der Waals surface area contributed by atoms with Gasteiger partial charge in [0.25, 0.3) is 0 Å². The molecule has 1 aromatic rings. The summed E-state index contributed by atoms with van der Waals surface area (Å²) in [5, 5.41) is 0. The van der Waals surface area contributed by atoms with Crippen LogP contribution in [0.4, 0.5) is 5.69 Å². The Hall–Kier alpha value is -0.920. The van der Waals surface area contributed by atoms with Crippen LogP contribution in [0.3, 0.4) is 0 Å². The molecule has 1 unspecified atom stereocenters. The second-order valence-electron chi connectivity index (χ2n) is 3.69. The highest BCUT2D eigenvalue weighted by Gasteiger charge is 2.14. The fraction of sp³-hybridized carbons (Fsp3) is 0.400. The molecule has 0 aromatic heterocycles. The Morgan fingerprint density at radius 3 is 2.59 bits per heavy atom. The summed E-state index contributed by atoms with van der Waals surface area (Å²) in [6.07, 6.45) is 1.53. The zero-order chi connectivity index (χ0) is 13.1. The number of nitrogens with one attached hydrogen (secondary N) is 1. The molecule has 0 aliphatic carbocycles. The molecule has 1 aromatic carbocycles. The first-order valence-corrected chi connectivity index (χ1v) is 8.20. The van der Waals surface area contributed by atoms with E-state index in [4.69, 9.17) is 5.73 Å². The van der Waals surface area contributed by atoms with Crippen molar-refractivity contribution in [1.82, 2.24) is 4.72 Å². The van der Waals surface area contributed by atoms with Crippen LogP contribution >= 0.6 is 0 Å². The molecule has 0 saturated carbocycles. The largest absolute Gasteiger partial charge is 0.399 e. The van der Waals surface area contributed by atoms with Crippen LogP contribution in [0.25, 0.3) is 0 Å². The van der Waals surface area contributed by atoms with E-state index in [1.165, 1.54) is 18.4 Å². The van der Waals surface area contributed by atoms with Crippen LogP contribution in [-0.2, 0) is 20.8 Å². The highest BCUT2D eigenvalue weighted by atomic mass is 32.2. The first-order valence-electron chi connectivity index (χ1n) is 4.99. The summed E-state index contributed by atoms with van der Waals surface area (Å²) < 4.78 is 36.9. The number of nitrogens with two attached hydrogens (primary N) is 1. The molecule has 1 atom stereocenters. The lowest BCUT2D eigenvalue weighted by atomic mass is 10.2. The van der Waals surface area contributed by atoms with E-state index in [1.54, 1.807) is 13.0 Å². The van der Waals surface area contributed by atoms with Crippen LogP contribution in [0.2, 0.25) is 0 Å². The molecule has 3 N–H and O–H groups in total. The fourth-order valence-electron chi connectivity index (χ4n) is 1.22. The maximum atomic E-state index is 11.8. The number of nitrogen functional groups attached to an aromatic ring is 1. The third kappa shape index (κ3) is 4.10. The Bertz CT molecular complexity index is 526. The maximum absolute atomic E-state index is 11.8. The molecule has 0 amide bonds. The average Bonchev–Trinajstić information content (AvgIpc) is 2.21. The van der Waals surface area contributed by atoms with Crippen molar-refractivity contribution in [3.05, 3.63) is 23.8 Å². The Morgan fingerprint density at radius 2 is 2.06 bits per heavy atom. The summed E-state index contributed by atoms with van der Waals surface area (Å²) in [5.41, 5.74) is 6.89. The summed E-state index contributed by atoms with van der Waals surface area (Å²) in [6, 6.07) is 4.52. The van der Waals surface area contributed by atoms with Gasteiger partial charge < -0.3 is 5.73 Å². The molecule has 17 heavy (non-hydrogen) atoms. The molecule has 7 heteroatoms. The van der Waals surface area contributed by atoms with E-state index in [1.807, 2.05) is 0 Å². The lowest BCUT2D eigenvalue weighted by molar-refractivity contribution is 0.584. The fourth-order valence-corrected chi connectivity index (χ4v) is 2.85. The van der Waals surface area contributed by atoms with Crippen molar-refractivity contribution < 1.29 is 12.6 Å². The molecular formula is C10H16N2O3S2. The van der Waals surface area contributed by atoms with Crippen LogP contribution in [0.5, 0.6) is 0 Å². The lowest BCUT2D eigenvalue weighted by Crippen LogP contribution is -2.27. The Balaban J connectivity index is 2.82. The van der Waals surface area contributed by atoms with E-state index in [2.05, 4.69) is 4.72 Å². The Labute approximate surface area is 104 Å². The van der Waals surface area contributed by atoms with Gasteiger partial charge in [-0.3, -0.25) is 4.21 Å². The number of hydrogen-bond acceptors (Lipinski definition) is 4. The molecule has 0 bridgehead atoms. The monoisotopic (exact) mass is 276 g/mol. The second kappa shape index (κ2) is 5.61. The first-order chi connectivity index (χ1) is 7.83. The maximum Gasteiger partial charge on any atom is 0.240 e. The van der Waals surface area contributed by atoms with Crippen LogP contribution < -0.4 is 10.5 Å². The number of anilines is 1. The van der Waals surface area contributed by atoms with Crippen molar-refractivity contribution in [3.63, 3.8) is 0 Å². The van der Waals surface area contributed by atoms with Gasteiger partial charge >= 0.3 is 0 Å². The van der Waals surface area contributed by atoms with Crippen LogP contribution in [0, 0.1) is 6.92 Å². The minimum atomic E-state index is -3.54. The second-order valence-corrected chi connectivity index (χ2v) is 7.02. The van der Waals surface area contributed by atoms with E-state index in [-0.39, 0.29) is 11.4 Å². The first kappa shape index (κ1) is 14.1. The quantitative estimate of drug-likeness (QED) is 0.754. The van der Waals surface area contributed by atoms with Gasteiger partial charge in [0, 0.05) is 35.0 Å². The van der Waals surface area contributed by atoms with Crippen molar-refractivity contribution in [1.29, 1.82) is 0 Å². The van der Waals surface area contributed by atoms with E-state index >= 15 is 0 Å². The number of sulfonamides is 1. The molecule has 96 valence electrons. The molecule has 0 aliphatic rings. The normalized spacial score (nSPS) is 13.5. The van der Waals surface area contributed by atoms with E-state index < -0.39 is 20.8 Å². The Kier molecular flexibility index (Phi) is 4.67. The van der Waals surface area contributed by atoms with Crippen molar-refractivity contribution in [2.75, 3.05) is 24.3 Å². The van der Waals surface area contributed by atoms with Gasteiger partial charge in [-0.15, -0.1) is 0 Å². The highest BCUT2D eigenvalue weighted by Crippen LogP contribution is 2.16. The van der Waals surface area contributed by atoms with Crippen molar-refractivity contribution in [2.24, 2.45) is 0 Å². The molecule has 0 radical (unpaired) electrons. The van der Waals surface area contributed by atoms with Gasteiger partial charge in [0.15, 0.2) is 0 Å². The lowest BCUT2D eigenvalue weighted by Gasteiger charge is -2.07. The molecule has 0 fully saturated rings. The molecular weight excluding hydrogens is 260 g/mol. The summed E-state index contributed by atoms with van der Waals surface area (Å²) >= 11 is 0. The third-order valence-electron chi connectivity index (χ3n) is 2.23. The predicted octanol–water partition coefficient (Wildman–Crippen LogP) is 0.234. The molecule has 0 saturated heterocycles. The van der Waals surface area contributed by atoms with E-state index in [9.17, 15) is 12.6 Å². The predicted molar refractivity (Wildman–Crippen MR) is 69.7 cm³/mol. The molecule has 0 aliphatic heterocycles. The van der Waals surface area contributed by atoms with E-state index in [0.29, 0.717) is 17.0 Å². The van der Waals surface area contributed by atoms with Crippen LogP contribution in [0.1, 0.15) is 5.56 Å². The third-order valence-corrected chi connectivity index (χ3v) is 4.47. The van der Waals surface area contributed by atoms with Crippen LogP contribution in [-0.4, -0.2) is 31.2 Å². The number of hydrogen-bond donors (Lipinski definition) is 2. The van der Waals surface area contributed by atoms with Gasteiger partial charge in [-0.2, -0.15) is 0 Å². The van der Waals surface area contributed by atoms with Crippen molar-refractivity contribution >= 4 is 26.5 Å². The number of aryl methyl sites for hydroxylation is 1. The van der Waals surface area contributed by atoms with Crippen molar-refractivity contribution in [2.45, 2.75) is 11.8 Å². The molecule has 5 nitrogen and oxygen atoms in total. The van der Waals surface area contributed by atoms with Gasteiger partial charge in [0.1, 0.15) is 0 Å². The van der Waals surface area contributed by atoms with Gasteiger partial charge in [-0.25, -0.2) is 13.1 Å². The number of rotatable bonds is 5. The molecule has 1 rings (SSSR count).